The van der Waals surface area contributed by atoms with Gasteiger partial charge in [0.2, 0.25) is 5.88 Å². The van der Waals surface area contributed by atoms with E-state index in [0.29, 0.717) is 22.8 Å². The number of hydrogen-bond donors (Lipinski definition) is 3. The van der Waals surface area contributed by atoms with Gasteiger partial charge in [-0.2, -0.15) is 24.8 Å². The third kappa shape index (κ3) is 3.96. The summed E-state index contributed by atoms with van der Waals surface area (Å²) >= 11 is 0. The number of azo groups is 1. The molecule has 0 spiro atoms. The Morgan fingerprint density at radius 3 is 2.55 bits per heavy atom. The number of phenols is 1. The van der Waals surface area contributed by atoms with Gasteiger partial charge in [-0.05, 0) is 49.4 Å². The lowest BCUT2D eigenvalue weighted by molar-refractivity contribution is 0.102. The fourth-order valence-electron chi connectivity index (χ4n) is 2.79. The second-order valence-corrected chi connectivity index (χ2v) is 6.42. The average Bonchev–Trinajstić information content (AvgIpc) is 3.24. The average molecular weight is 419 g/mol. The summed E-state index contributed by atoms with van der Waals surface area (Å²) in [6.45, 7) is 1.60. The summed E-state index contributed by atoms with van der Waals surface area (Å²) in [5, 5.41) is 35.1. The zero-order valence-corrected chi connectivity index (χ0v) is 16.5. The molecule has 2 aromatic heterocycles. The molecule has 2 aromatic carbocycles. The number of aromatic hydroxyl groups is 2. The van der Waals surface area contributed by atoms with Gasteiger partial charge in [-0.1, -0.05) is 0 Å². The molecule has 11 nitrogen and oxygen atoms in total. The maximum Gasteiger partial charge on any atom is 0.259 e. The van der Waals surface area contributed by atoms with E-state index < -0.39 is 5.91 Å². The van der Waals surface area contributed by atoms with Crippen molar-refractivity contribution >= 4 is 28.7 Å². The van der Waals surface area contributed by atoms with Crippen molar-refractivity contribution in [2.75, 3.05) is 12.4 Å². The van der Waals surface area contributed by atoms with Gasteiger partial charge in [0.05, 0.1) is 29.7 Å². The molecule has 1 amide bonds. The maximum absolute atomic E-state index is 12.8. The highest BCUT2D eigenvalue weighted by Crippen LogP contribution is 2.29. The summed E-state index contributed by atoms with van der Waals surface area (Å²) < 4.78 is 6.18. The summed E-state index contributed by atoms with van der Waals surface area (Å²) in [6, 6.07) is 11.2. The van der Waals surface area contributed by atoms with E-state index in [1.165, 1.54) is 24.5 Å². The third-order valence-electron chi connectivity index (χ3n) is 4.40. The van der Waals surface area contributed by atoms with E-state index >= 15 is 0 Å². The molecule has 3 N–H and O–H groups in total. The first-order valence-corrected chi connectivity index (χ1v) is 9.05. The van der Waals surface area contributed by atoms with Crippen molar-refractivity contribution in [2.45, 2.75) is 6.92 Å². The van der Waals surface area contributed by atoms with Crippen LogP contribution in [0.3, 0.4) is 0 Å². The number of benzene rings is 2. The normalized spacial score (nSPS) is 11.2. The number of hydrogen-bond acceptors (Lipinski definition) is 9. The van der Waals surface area contributed by atoms with Gasteiger partial charge >= 0.3 is 0 Å². The van der Waals surface area contributed by atoms with Crippen molar-refractivity contribution in [2.24, 2.45) is 10.2 Å². The van der Waals surface area contributed by atoms with Crippen LogP contribution in [0.4, 0.5) is 17.1 Å². The van der Waals surface area contributed by atoms with Crippen LogP contribution < -0.4 is 10.1 Å². The van der Waals surface area contributed by atoms with Crippen molar-refractivity contribution in [3.8, 4) is 17.4 Å². The van der Waals surface area contributed by atoms with Crippen molar-refractivity contribution in [3.05, 3.63) is 60.0 Å². The number of carbonyl (C=O) groups excluding carboxylic acids is 1. The zero-order chi connectivity index (χ0) is 22.0. The summed E-state index contributed by atoms with van der Waals surface area (Å²) in [5.74, 6) is -0.369. The van der Waals surface area contributed by atoms with Gasteiger partial charge in [-0.3, -0.25) is 4.79 Å². The second-order valence-electron chi connectivity index (χ2n) is 6.42. The van der Waals surface area contributed by atoms with E-state index in [1.54, 1.807) is 38.3 Å². The molecule has 0 fully saturated rings. The van der Waals surface area contributed by atoms with Crippen LogP contribution in [0.1, 0.15) is 16.1 Å². The number of nitrogens with one attached hydrogen (secondary N) is 1. The number of ether oxygens (including phenoxy) is 1. The Hall–Kier alpha value is -4.54. The number of rotatable bonds is 5. The number of fused-ring (bicyclic) bond motifs is 1. The molecule has 31 heavy (non-hydrogen) atoms. The lowest BCUT2D eigenvalue weighted by atomic mass is 10.1. The fraction of sp³-hybridized carbons (Fsp3) is 0.100. The minimum absolute atomic E-state index is 0.0488. The fourth-order valence-corrected chi connectivity index (χ4v) is 2.79. The highest BCUT2D eigenvalue weighted by molar-refractivity contribution is 6.07. The van der Waals surface area contributed by atoms with Gasteiger partial charge in [-0.15, -0.1) is 0 Å². The SMILES string of the molecule is COc1ccc(/N=N/c2ccc(O)c(C(=O)Nc3c(C)nc4ncnn4c3O)c2)cc1. The number of aromatic nitrogens is 4. The van der Waals surface area contributed by atoms with E-state index in [4.69, 9.17) is 4.74 Å². The Labute approximate surface area is 175 Å². The lowest BCUT2D eigenvalue weighted by Gasteiger charge is -2.11. The van der Waals surface area contributed by atoms with Crippen LogP contribution in [0.2, 0.25) is 0 Å². The Morgan fingerprint density at radius 2 is 1.81 bits per heavy atom. The number of carbonyl (C=O) groups is 1. The van der Waals surface area contributed by atoms with Crippen LogP contribution in [0.25, 0.3) is 5.78 Å². The molecule has 0 atom stereocenters. The van der Waals surface area contributed by atoms with Crippen molar-refractivity contribution in [3.63, 3.8) is 0 Å². The van der Waals surface area contributed by atoms with E-state index in [1.807, 2.05) is 0 Å². The van der Waals surface area contributed by atoms with Crippen LogP contribution in [0, 0.1) is 6.92 Å². The number of anilines is 1. The van der Waals surface area contributed by atoms with Gasteiger partial charge in [0, 0.05) is 0 Å². The topological polar surface area (TPSA) is 147 Å². The number of nitrogens with zero attached hydrogens (tertiary/aromatic N) is 6. The highest BCUT2D eigenvalue weighted by Gasteiger charge is 2.19. The molecule has 0 aliphatic heterocycles. The van der Waals surface area contributed by atoms with Crippen molar-refractivity contribution in [1.82, 2.24) is 19.6 Å². The minimum Gasteiger partial charge on any atom is -0.507 e. The number of phenolic OH excluding ortho intramolecular Hbond substituents is 1. The van der Waals surface area contributed by atoms with Gasteiger partial charge in [0.25, 0.3) is 11.7 Å². The van der Waals surface area contributed by atoms with E-state index in [-0.39, 0.29) is 28.7 Å². The number of amides is 1. The molecule has 2 heterocycles. The molecule has 0 radical (unpaired) electrons. The summed E-state index contributed by atoms with van der Waals surface area (Å²) in [5.41, 5.74) is 1.27. The van der Waals surface area contributed by atoms with E-state index in [9.17, 15) is 15.0 Å². The van der Waals surface area contributed by atoms with Crippen LogP contribution >= 0.6 is 0 Å². The number of aryl methyl sites for hydroxylation is 1. The number of methoxy groups -OCH3 is 1. The van der Waals surface area contributed by atoms with Gasteiger partial charge in [0.1, 0.15) is 23.5 Å². The summed E-state index contributed by atoms with van der Waals surface area (Å²) in [4.78, 5) is 20.8. The Kier molecular flexibility index (Phi) is 5.14. The highest BCUT2D eigenvalue weighted by atomic mass is 16.5. The van der Waals surface area contributed by atoms with Crippen LogP contribution in [0.5, 0.6) is 17.4 Å². The molecular formula is C20H17N7O4. The Morgan fingerprint density at radius 1 is 1.10 bits per heavy atom. The van der Waals surface area contributed by atoms with Crippen LogP contribution in [-0.4, -0.2) is 42.8 Å². The quantitative estimate of drug-likeness (QED) is 0.419. The Bertz CT molecular complexity index is 1300. The van der Waals surface area contributed by atoms with Gasteiger partial charge in [0.15, 0.2) is 0 Å². The van der Waals surface area contributed by atoms with Gasteiger partial charge < -0.3 is 20.3 Å². The van der Waals surface area contributed by atoms with Crippen molar-refractivity contribution < 1.29 is 19.7 Å². The monoisotopic (exact) mass is 419 g/mol. The standard InChI is InChI=1S/C20H17N7O4/c1-11-17(19(30)27-20(23-11)21-10-22-27)24-18(29)15-9-13(5-8-16(15)28)26-25-12-3-6-14(31-2)7-4-12/h3-10,28,30H,1-2H3,(H,24,29)/b26-25+. The molecule has 0 aliphatic rings. The van der Waals surface area contributed by atoms with E-state index in [2.05, 4.69) is 30.6 Å². The first-order chi connectivity index (χ1) is 15.0. The van der Waals surface area contributed by atoms with Crippen LogP contribution in [0.15, 0.2) is 59.0 Å². The van der Waals surface area contributed by atoms with Crippen molar-refractivity contribution in [1.29, 1.82) is 0 Å². The molecule has 0 unspecified atom stereocenters. The molecule has 4 aromatic rings. The third-order valence-corrected chi connectivity index (χ3v) is 4.40. The first kappa shape index (κ1) is 19.8. The zero-order valence-electron chi connectivity index (χ0n) is 16.5. The summed E-state index contributed by atoms with van der Waals surface area (Å²) in [7, 11) is 1.57. The summed E-state index contributed by atoms with van der Waals surface area (Å²) in [6.07, 6.45) is 1.23. The predicted octanol–water partition coefficient (Wildman–Crippen LogP) is 3.52. The predicted molar refractivity (Wildman–Crippen MR) is 110 cm³/mol. The molecular weight excluding hydrogens is 402 g/mol. The molecule has 156 valence electrons. The maximum atomic E-state index is 12.8. The van der Waals surface area contributed by atoms with E-state index in [0.717, 1.165) is 4.52 Å². The van der Waals surface area contributed by atoms with Crippen LogP contribution in [-0.2, 0) is 0 Å². The van der Waals surface area contributed by atoms with Gasteiger partial charge in [-0.25, -0.2) is 4.98 Å². The second kappa shape index (κ2) is 8.06. The molecule has 0 bridgehead atoms. The molecule has 0 aliphatic carbocycles. The lowest BCUT2D eigenvalue weighted by Crippen LogP contribution is -2.15. The molecule has 0 saturated heterocycles. The Balaban J connectivity index is 1.59. The smallest absolute Gasteiger partial charge is 0.259 e. The minimum atomic E-state index is -0.668. The first-order valence-electron chi connectivity index (χ1n) is 9.05. The largest absolute Gasteiger partial charge is 0.507 e. The molecule has 4 rings (SSSR count). The molecule has 0 saturated carbocycles. The molecule has 11 heteroatoms.